The number of aromatic hydroxyl groups is 1. The van der Waals surface area contributed by atoms with Crippen molar-refractivity contribution in [1.82, 2.24) is 4.90 Å². The van der Waals surface area contributed by atoms with Crippen LogP contribution in [0.2, 0.25) is 0 Å². The van der Waals surface area contributed by atoms with E-state index in [4.69, 9.17) is 9.15 Å². The van der Waals surface area contributed by atoms with Crippen molar-refractivity contribution < 1.29 is 14.3 Å². The summed E-state index contributed by atoms with van der Waals surface area (Å²) in [6.07, 6.45) is 0.131. The highest BCUT2D eigenvalue weighted by molar-refractivity contribution is 5.86. The third-order valence-electron chi connectivity index (χ3n) is 5.48. The molecule has 1 fully saturated rings. The van der Waals surface area contributed by atoms with E-state index >= 15 is 0 Å². The van der Waals surface area contributed by atoms with Gasteiger partial charge in [-0.25, -0.2) is 0 Å². The summed E-state index contributed by atoms with van der Waals surface area (Å²) in [5.74, 6) is 0.702. The lowest BCUT2D eigenvalue weighted by atomic mass is 10.0. The van der Waals surface area contributed by atoms with Gasteiger partial charge in [0.15, 0.2) is 0 Å². The molecule has 2 atom stereocenters. The van der Waals surface area contributed by atoms with E-state index in [2.05, 4.69) is 11.8 Å². The SMILES string of the molecule is Cc1oc2c(CN3CC(C)OCC3C)c(O)ccc2c(=O)c1-c1ccccc1. The Balaban J connectivity index is 1.84. The summed E-state index contributed by atoms with van der Waals surface area (Å²) < 4.78 is 11.8. The Bertz CT molecular complexity index is 1060. The lowest BCUT2D eigenvalue weighted by Crippen LogP contribution is -2.46. The summed E-state index contributed by atoms with van der Waals surface area (Å²) in [6.45, 7) is 7.86. The van der Waals surface area contributed by atoms with Crippen LogP contribution in [0.3, 0.4) is 0 Å². The molecule has 0 spiro atoms. The number of phenolic OH excluding ortho intramolecular Hbond substituents is 1. The Hall–Kier alpha value is -2.63. The number of benzene rings is 2. The van der Waals surface area contributed by atoms with Crippen LogP contribution in [0, 0.1) is 6.92 Å². The fourth-order valence-electron chi connectivity index (χ4n) is 3.90. The number of rotatable bonds is 3. The van der Waals surface area contributed by atoms with Crippen molar-refractivity contribution in [3.8, 4) is 16.9 Å². The largest absolute Gasteiger partial charge is 0.507 e. The normalized spacial score (nSPS) is 20.5. The third kappa shape index (κ3) is 3.32. The molecule has 2 heterocycles. The van der Waals surface area contributed by atoms with Gasteiger partial charge in [-0.05, 0) is 38.5 Å². The Morgan fingerprint density at radius 2 is 1.89 bits per heavy atom. The molecule has 3 aromatic rings. The maximum atomic E-state index is 13.2. The Morgan fingerprint density at radius 1 is 1.14 bits per heavy atom. The van der Waals surface area contributed by atoms with Gasteiger partial charge >= 0.3 is 0 Å². The average molecular weight is 379 g/mol. The van der Waals surface area contributed by atoms with Gasteiger partial charge in [0.1, 0.15) is 17.1 Å². The molecule has 1 aliphatic heterocycles. The van der Waals surface area contributed by atoms with E-state index < -0.39 is 0 Å². The number of hydrogen-bond donors (Lipinski definition) is 1. The highest BCUT2D eigenvalue weighted by Crippen LogP contribution is 2.32. The molecule has 0 aliphatic carbocycles. The molecule has 28 heavy (non-hydrogen) atoms. The van der Waals surface area contributed by atoms with Gasteiger partial charge in [-0.3, -0.25) is 9.69 Å². The minimum atomic E-state index is -0.0744. The molecule has 1 N–H and O–H groups in total. The van der Waals surface area contributed by atoms with Crippen molar-refractivity contribution in [2.45, 2.75) is 39.5 Å². The van der Waals surface area contributed by atoms with Crippen LogP contribution in [0.1, 0.15) is 25.2 Å². The van der Waals surface area contributed by atoms with Crippen molar-refractivity contribution in [3.05, 3.63) is 64.0 Å². The summed E-state index contributed by atoms with van der Waals surface area (Å²) in [4.78, 5) is 15.5. The number of aryl methyl sites for hydroxylation is 1. The van der Waals surface area contributed by atoms with Crippen LogP contribution < -0.4 is 5.43 Å². The number of ether oxygens (including phenoxy) is 1. The quantitative estimate of drug-likeness (QED) is 0.743. The van der Waals surface area contributed by atoms with Crippen LogP contribution in [0.25, 0.3) is 22.1 Å². The topological polar surface area (TPSA) is 62.9 Å². The first-order valence-corrected chi connectivity index (χ1v) is 9.65. The van der Waals surface area contributed by atoms with E-state index in [1.807, 2.05) is 37.3 Å². The van der Waals surface area contributed by atoms with Crippen LogP contribution >= 0.6 is 0 Å². The Morgan fingerprint density at radius 3 is 2.64 bits per heavy atom. The minimum absolute atomic E-state index is 0.0744. The van der Waals surface area contributed by atoms with Gasteiger partial charge in [-0.2, -0.15) is 0 Å². The van der Waals surface area contributed by atoms with Gasteiger partial charge in [-0.1, -0.05) is 30.3 Å². The van der Waals surface area contributed by atoms with Crippen molar-refractivity contribution >= 4 is 11.0 Å². The van der Waals surface area contributed by atoms with Crippen LogP contribution in [-0.4, -0.2) is 35.3 Å². The monoisotopic (exact) mass is 379 g/mol. The van der Waals surface area contributed by atoms with Gasteiger partial charge < -0.3 is 14.3 Å². The summed E-state index contributed by atoms with van der Waals surface area (Å²) in [6, 6.07) is 13.0. The first kappa shape index (κ1) is 18.7. The van der Waals surface area contributed by atoms with Crippen LogP contribution in [-0.2, 0) is 11.3 Å². The van der Waals surface area contributed by atoms with Gasteiger partial charge in [0.05, 0.1) is 29.2 Å². The van der Waals surface area contributed by atoms with E-state index in [1.54, 1.807) is 19.1 Å². The molecule has 4 rings (SSSR count). The minimum Gasteiger partial charge on any atom is -0.507 e. The fourth-order valence-corrected chi connectivity index (χ4v) is 3.90. The maximum Gasteiger partial charge on any atom is 0.200 e. The van der Waals surface area contributed by atoms with E-state index in [0.717, 1.165) is 12.1 Å². The van der Waals surface area contributed by atoms with Crippen LogP contribution in [0.5, 0.6) is 5.75 Å². The number of fused-ring (bicyclic) bond motifs is 1. The standard InChI is InChI=1S/C23H25NO4/c1-14-13-27-15(2)11-24(14)12-19-20(25)10-9-18-22(26)21(16(3)28-23(18)19)17-7-5-4-6-8-17/h4-10,14-15,25H,11-13H2,1-3H3. The van der Waals surface area contributed by atoms with Crippen LogP contribution in [0.4, 0.5) is 0 Å². The molecule has 0 radical (unpaired) electrons. The zero-order valence-corrected chi connectivity index (χ0v) is 16.4. The highest BCUT2D eigenvalue weighted by atomic mass is 16.5. The number of phenols is 1. The first-order chi connectivity index (χ1) is 13.5. The Kier molecular flexibility index (Phi) is 4.96. The first-order valence-electron chi connectivity index (χ1n) is 9.65. The maximum absolute atomic E-state index is 13.2. The molecule has 0 saturated carbocycles. The highest BCUT2D eigenvalue weighted by Gasteiger charge is 2.26. The molecule has 1 saturated heterocycles. The van der Waals surface area contributed by atoms with Crippen molar-refractivity contribution in [1.29, 1.82) is 0 Å². The third-order valence-corrected chi connectivity index (χ3v) is 5.48. The average Bonchev–Trinajstić information content (AvgIpc) is 2.68. The van der Waals surface area contributed by atoms with Gasteiger partial charge in [-0.15, -0.1) is 0 Å². The molecule has 146 valence electrons. The predicted octanol–water partition coefficient (Wildman–Crippen LogP) is 4.08. The second kappa shape index (κ2) is 7.41. The fraction of sp³-hybridized carbons (Fsp3) is 0.348. The summed E-state index contributed by atoms with van der Waals surface area (Å²) in [5, 5.41) is 11.0. The molecule has 0 bridgehead atoms. The van der Waals surface area contributed by atoms with E-state index in [-0.39, 0.29) is 23.3 Å². The Labute approximate surface area is 164 Å². The van der Waals surface area contributed by atoms with Crippen molar-refractivity contribution in [3.63, 3.8) is 0 Å². The molecular formula is C23H25NO4. The summed E-state index contributed by atoms with van der Waals surface area (Å²) in [5.41, 5.74) is 2.44. The molecule has 1 aliphatic rings. The molecule has 2 aromatic carbocycles. The molecule has 1 aromatic heterocycles. The predicted molar refractivity (Wildman–Crippen MR) is 110 cm³/mol. The van der Waals surface area contributed by atoms with Gasteiger partial charge in [0.25, 0.3) is 0 Å². The second-order valence-corrected chi connectivity index (χ2v) is 7.59. The van der Waals surface area contributed by atoms with E-state index in [9.17, 15) is 9.90 Å². The van der Waals surface area contributed by atoms with Crippen molar-refractivity contribution in [2.75, 3.05) is 13.2 Å². The zero-order valence-electron chi connectivity index (χ0n) is 16.4. The number of hydrogen-bond acceptors (Lipinski definition) is 5. The van der Waals surface area contributed by atoms with Gasteiger partial charge in [0.2, 0.25) is 5.43 Å². The lowest BCUT2D eigenvalue weighted by molar-refractivity contribution is -0.0527. The zero-order chi connectivity index (χ0) is 19.8. The van der Waals surface area contributed by atoms with E-state index in [0.29, 0.717) is 41.0 Å². The number of nitrogens with zero attached hydrogens (tertiary/aromatic N) is 1. The molecule has 5 nitrogen and oxygen atoms in total. The van der Waals surface area contributed by atoms with Gasteiger partial charge in [0, 0.05) is 19.1 Å². The summed E-state index contributed by atoms with van der Waals surface area (Å²) >= 11 is 0. The second-order valence-electron chi connectivity index (χ2n) is 7.59. The van der Waals surface area contributed by atoms with E-state index in [1.165, 1.54) is 0 Å². The summed E-state index contributed by atoms with van der Waals surface area (Å²) in [7, 11) is 0. The smallest absolute Gasteiger partial charge is 0.200 e. The molecule has 2 unspecified atom stereocenters. The molecule has 5 heteroatoms. The molecular weight excluding hydrogens is 354 g/mol. The van der Waals surface area contributed by atoms with Crippen LogP contribution in [0.15, 0.2) is 51.7 Å². The van der Waals surface area contributed by atoms with Crippen molar-refractivity contribution in [2.24, 2.45) is 0 Å². The number of morpholine rings is 1. The molecule has 0 amide bonds. The lowest BCUT2D eigenvalue weighted by Gasteiger charge is -2.36.